The van der Waals surface area contributed by atoms with Crippen LogP contribution in [0, 0.1) is 0 Å². The molecule has 0 fully saturated rings. The van der Waals surface area contributed by atoms with Gasteiger partial charge in [-0.1, -0.05) is 170 Å². The average molecular weight is 759 g/mol. The van der Waals surface area contributed by atoms with Gasteiger partial charge in [0.1, 0.15) is 0 Å². The van der Waals surface area contributed by atoms with E-state index in [0.717, 1.165) is 45.1 Å². The number of hydrogen-bond acceptors (Lipinski definition) is 2. The Hall–Kier alpha value is -7.94. The summed E-state index contributed by atoms with van der Waals surface area (Å²) in [5, 5.41) is 15.6. The second-order valence-corrected chi connectivity index (χ2v) is 16.1. The van der Waals surface area contributed by atoms with Crippen LogP contribution in [0.3, 0.4) is 0 Å². The number of hydrogen-bond donors (Lipinski definition) is 0. The van der Waals surface area contributed by atoms with E-state index < -0.39 is 0 Å². The third-order valence-corrected chi connectivity index (χ3v) is 12.7. The molecule has 0 amide bonds. The highest BCUT2D eigenvalue weighted by Gasteiger charge is 2.21. The van der Waals surface area contributed by atoms with Crippen LogP contribution in [0.15, 0.2) is 216 Å². The molecule has 0 bridgehead atoms. The molecule has 2 nitrogen and oxygen atoms in total. The minimum atomic E-state index is 0.896. The maximum Gasteiger partial charge on any atom is 0.0803 e. The van der Waals surface area contributed by atoms with Gasteiger partial charge in [0.05, 0.1) is 22.8 Å². The van der Waals surface area contributed by atoms with E-state index in [9.17, 15) is 0 Å². The molecule has 0 saturated heterocycles. The summed E-state index contributed by atoms with van der Waals surface area (Å²) >= 11 is 0. The molecule has 0 spiro atoms. The molecule has 0 atom stereocenters. The van der Waals surface area contributed by atoms with Gasteiger partial charge in [0.25, 0.3) is 0 Å². The zero-order valence-electron chi connectivity index (χ0n) is 32.5. The molecular weight excluding hydrogens is 725 g/mol. The van der Waals surface area contributed by atoms with Gasteiger partial charge in [-0.3, -0.25) is 0 Å². The van der Waals surface area contributed by atoms with E-state index >= 15 is 0 Å². The molecule has 12 aromatic carbocycles. The molecule has 2 heteroatoms. The lowest BCUT2D eigenvalue weighted by molar-refractivity contribution is 1.39. The Morgan fingerprint density at radius 1 is 0.217 bits per heavy atom. The largest absolute Gasteiger partial charge is 0.247 e. The minimum Gasteiger partial charge on any atom is -0.247 e. The van der Waals surface area contributed by atoms with Crippen molar-refractivity contribution in [3.63, 3.8) is 0 Å². The molecule has 1 heterocycles. The van der Waals surface area contributed by atoms with Crippen molar-refractivity contribution in [2.45, 2.75) is 0 Å². The molecule has 1 aliphatic rings. The summed E-state index contributed by atoms with van der Waals surface area (Å²) in [7, 11) is 0. The van der Waals surface area contributed by atoms with Crippen molar-refractivity contribution in [3.8, 4) is 22.3 Å². The first-order valence-electron chi connectivity index (χ1n) is 20.6. The Kier molecular flexibility index (Phi) is 7.05. The van der Waals surface area contributed by atoms with E-state index in [-0.39, 0.29) is 0 Å². The third-order valence-electron chi connectivity index (χ3n) is 12.7. The zero-order chi connectivity index (χ0) is 39.3. The maximum absolute atomic E-state index is 5.45. The van der Waals surface area contributed by atoms with Gasteiger partial charge in [-0.05, 0) is 123 Å². The monoisotopic (exact) mass is 758 g/mol. The van der Waals surface area contributed by atoms with Gasteiger partial charge in [-0.2, -0.15) is 0 Å². The van der Waals surface area contributed by atoms with Crippen LogP contribution in [0.1, 0.15) is 22.3 Å². The van der Waals surface area contributed by atoms with Crippen molar-refractivity contribution in [2.75, 3.05) is 0 Å². The lowest BCUT2D eigenvalue weighted by Crippen LogP contribution is -2.10. The Labute approximate surface area is 346 Å². The lowest BCUT2D eigenvalue weighted by atomic mass is 9.90. The van der Waals surface area contributed by atoms with Crippen LogP contribution >= 0.6 is 0 Å². The molecule has 0 unspecified atom stereocenters. The molecule has 0 saturated carbocycles. The molecule has 0 N–H and O–H groups in total. The molecular formula is C58H34N2. The van der Waals surface area contributed by atoms with Crippen LogP contribution < -0.4 is 0 Å². The molecule has 60 heavy (non-hydrogen) atoms. The Morgan fingerprint density at radius 3 is 0.883 bits per heavy atom. The highest BCUT2D eigenvalue weighted by Crippen LogP contribution is 2.40. The van der Waals surface area contributed by atoms with Gasteiger partial charge in [-0.15, -0.1) is 0 Å². The standard InChI is InChI=1S/C58H34N2/c1-3-13-51-49(11-1)57(41-23-15-35(16-24-41)47-31-43-27-19-37-7-5-8-38-20-28-44(32-47)55(43)53(37)38)60-52-14-4-2-12-50(52)58(59-51)42-25-17-36(18-26-42)48-33-45-29-21-39-9-6-10-40-22-30-46(34-48)56(45)54(39)40/h1-34H/b57-49?,58-50?,59-51?,59-58-,60-52?,60-57-. The highest BCUT2D eigenvalue weighted by atomic mass is 14.8. The van der Waals surface area contributed by atoms with Crippen LogP contribution in [0.4, 0.5) is 11.4 Å². The number of para-hydroxylation sites is 2. The summed E-state index contributed by atoms with van der Waals surface area (Å²) in [5.74, 6) is 0. The number of nitrogens with zero attached hydrogens (tertiary/aromatic N) is 2. The average Bonchev–Trinajstić information content (AvgIpc) is 3.30. The van der Waals surface area contributed by atoms with Crippen LogP contribution in [0.25, 0.3) is 86.9 Å². The number of aliphatic imine (C=N–C) groups is 2. The van der Waals surface area contributed by atoms with Crippen molar-refractivity contribution < 1.29 is 0 Å². The van der Waals surface area contributed by atoms with Crippen LogP contribution in [0.5, 0.6) is 0 Å². The summed E-state index contributed by atoms with van der Waals surface area (Å²) in [6, 6.07) is 75.0. The third kappa shape index (κ3) is 5.08. The molecule has 0 aromatic heterocycles. The second-order valence-electron chi connectivity index (χ2n) is 16.1. The topological polar surface area (TPSA) is 24.7 Å². The molecule has 0 radical (unpaired) electrons. The molecule has 0 aliphatic carbocycles. The first kappa shape index (κ1) is 33.1. The smallest absolute Gasteiger partial charge is 0.0803 e. The van der Waals surface area contributed by atoms with E-state index in [0.29, 0.717) is 0 Å². The van der Waals surface area contributed by atoms with Gasteiger partial charge < -0.3 is 0 Å². The Morgan fingerprint density at radius 2 is 0.517 bits per heavy atom. The van der Waals surface area contributed by atoms with E-state index in [1.807, 2.05) is 0 Å². The maximum atomic E-state index is 5.45. The van der Waals surface area contributed by atoms with Gasteiger partial charge in [0, 0.05) is 22.3 Å². The van der Waals surface area contributed by atoms with Crippen molar-refractivity contribution in [2.24, 2.45) is 9.98 Å². The fraction of sp³-hybridized carbons (Fsp3) is 0. The Bertz CT molecular complexity index is 3360. The van der Waals surface area contributed by atoms with Gasteiger partial charge in [0.2, 0.25) is 0 Å². The summed E-state index contributed by atoms with van der Waals surface area (Å²) < 4.78 is 0. The van der Waals surface area contributed by atoms with Crippen LogP contribution in [-0.4, -0.2) is 11.4 Å². The van der Waals surface area contributed by atoms with Crippen LogP contribution in [0.2, 0.25) is 0 Å². The number of fused-ring (bicyclic) bond motifs is 2. The SMILES string of the molecule is c1ccc2c(c1)/N=C(/c1ccc(-c3cc4ccc5cccc6ccc(c3)c4c56)cc1)c1ccccc1/N=C\2c1ccc(-c2cc3ccc4cccc5ccc(c2)c3c45)cc1. The van der Waals surface area contributed by atoms with E-state index in [2.05, 4.69) is 206 Å². The lowest BCUT2D eigenvalue weighted by Gasteiger charge is -2.18. The minimum absolute atomic E-state index is 0.896. The molecule has 276 valence electrons. The van der Waals surface area contributed by atoms with Crippen molar-refractivity contribution in [1.82, 2.24) is 0 Å². The normalized spacial score (nSPS) is 14.6. The molecule has 1 aliphatic heterocycles. The van der Waals surface area contributed by atoms with E-state index in [4.69, 9.17) is 9.98 Å². The zero-order valence-corrected chi connectivity index (χ0v) is 32.5. The predicted molar refractivity (Wildman–Crippen MR) is 255 cm³/mol. The summed E-state index contributed by atoms with van der Waals surface area (Å²) in [6.07, 6.45) is 0. The number of benzene rings is 12. The van der Waals surface area contributed by atoms with Crippen molar-refractivity contribution in [1.29, 1.82) is 0 Å². The fourth-order valence-electron chi connectivity index (χ4n) is 9.83. The molecule has 13 rings (SSSR count). The molecule has 12 aromatic rings. The summed E-state index contributed by atoms with van der Waals surface area (Å²) in [4.78, 5) is 10.9. The van der Waals surface area contributed by atoms with E-state index in [1.165, 1.54) is 86.9 Å². The first-order valence-corrected chi connectivity index (χ1v) is 20.6. The van der Waals surface area contributed by atoms with Gasteiger partial charge in [0.15, 0.2) is 0 Å². The first-order chi connectivity index (χ1) is 29.7. The fourth-order valence-corrected chi connectivity index (χ4v) is 9.83. The second kappa shape index (κ2) is 12.8. The van der Waals surface area contributed by atoms with Gasteiger partial charge in [-0.25, -0.2) is 9.98 Å². The van der Waals surface area contributed by atoms with Crippen molar-refractivity contribution >= 4 is 87.4 Å². The number of rotatable bonds is 4. The van der Waals surface area contributed by atoms with Gasteiger partial charge >= 0.3 is 0 Å². The highest BCUT2D eigenvalue weighted by molar-refractivity contribution is 6.26. The summed E-state index contributed by atoms with van der Waals surface area (Å²) in [5.41, 5.74) is 12.5. The van der Waals surface area contributed by atoms with Crippen molar-refractivity contribution in [3.05, 3.63) is 229 Å². The summed E-state index contributed by atoms with van der Waals surface area (Å²) in [6.45, 7) is 0. The Balaban J connectivity index is 0.873. The van der Waals surface area contributed by atoms with E-state index in [1.54, 1.807) is 0 Å². The van der Waals surface area contributed by atoms with Crippen LogP contribution in [-0.2, 0) is 0 Å². The quantitative estimate of drug-likeness (QED) is 0.160. The predicted octanol–water partition coefficient (Wildman–Crippen LogP) is 15.5.